The van der Waals surface area contributed by atoms with Crippen molar-refractivity contribution in [1.29, 1.82) is 0 Å². The summed E-state index contributed by atoms with van der Waals surface area (Å²) < 4.78 is 10.4. The average Bonchev–Trinajstić information content (AvgIpc) is 2.72. The Morgan fingerprint density at radius 1 is 0.893 bits per heavy atom. The van der Waals surface area contributed by atoms with Crippen molar-refractivity contribution in [2.24, 2.45) is 0 Å². The molecule has 0 saturated carbocycles. The normalized spacial score (nSPS) is 17.5. The van der Waals surface area contributed by atoms with Crippen molar-refractivity contribution in [2.45, 2.75) is 0 Å². The van der Waals surface area contributed by atoms with Gasteiger partial charge in [-0.1, -0.05) is 30.2 Å². The van der Waals surface area contributed by atoms with E-state index in [0.29, 0.717) is 19.6 Å². The highest BCUT2D eigenvalue weighted by atomic mass is 16.5. The second-order valence-corrected chi connectivity index (χ2v) is 6.56. The summed E-state index contributed by atoms with van der Waals surface area (Å²) in [6, 6.07) is 15.3. The first-order chi connectivity index (χ1) is 13.6. The number of nitrogens with zero attached hydrogens (tertiary/aromatic N) is 1. The summed E-state index contributed by atoms with van der Waals surface area (Å²) in [5, 5.41) is 0. The third-order valence-electron chi connectivity index (χ3n) is 4.60. The Hall–Kier alpha value is -3.29. The van der Waals surface area contributed by atoms with Crippen LogP contribution in [0.4, 0.5) is 0 Å². The molecule has 0 atom stereocenters. The molecule has 142 valence electrons. The fourth-order valence-electron chi connectivity index (χ4n) is 3.15. The maximum atomic E-state index is 13.1. The van der Waals surface area contributed by atoms with E-state index in [4.69, 9.17) is 15.9 Å². The third kappa shape index (κ3) is 4.70. The van der Waals surface area contributed by atoms with Gasteiger partial charge in [0.1, 0.15) is 11.5 Å². The molecule has 1 fully saturated rings. The van der Waals surface area contributed by atoms with Crippen LogP contribution in [0.15, 0.2) is 59.7 Å². The van der Waals surface area contributed by atoms with Crippen molar-refractivity contribution in [3.8, 4) is 23.8 Å². The van der Waals surface area contributed by atoms with Crippen LogP contribution < -0.4 is 9.47 Å². The highest BCUT2D eigenvalue weighted by Gasteiger charge is 2.25. The Morgan fingerprint density at radius 3 is 1.68 bits per heavy atom. The summed E-state index contributed by atoms with van der Waals surface area (Å²) in [6.07, 6.45) is 9.36. The molecule has 0 unspecified atom stereocenters. The molecule has 4 nitrogen and oxygen atoms in total. The lowest BCUT2D eigenvalue weighted by Crippen LogP contribution is -2.37. The minimum Gasteiger partial charge on any atom is -0.497 e. The fourth-order valence-corrected chi connectivity index (χ4v) is 3.15. The maximum Gasteiger partial charge on any atom is 0.187 e. The van der Waals surface area contributed by atoms with Gasteiger partial charge in [0.2, 0.25) is 0 Å². The predicted molar refractivity (Wildman–Crippen MR) is 112 cm³/mol. The van der Waals surface area contributed by atoms with Gasteiger partial charge in [-0.05, 0) is 47.5 Å². The van der Waals surface area contributed by atoms with Crippen LogP contribution >= 0.6 is 0 Å². The van der Waals surface area contributed by atoms with Crippen molar-refractivity contribution in [3.63, 3.8) is 0 Å². The van der Waals surface area contributed by atoms with Crippen molar-refractivity contribution in [2.75, 3.05) is 33.9 Å². The van der Waals surface area contributed by atoms with Crippen LogP contribution in [0.5, 0.6) is 11.5 Å². The Morgan fingerprint density at radius 2 is 1.32 bits per heavy atom. The molecule has 0 bridgehead atoms. The minimum absolute atomic E-state index is 0.0555. The van der Waals surface area contributed by atoms with Gasteiger partial charge in [0.15, 0.2) is 5.78 Å². The standard InChI is InChI=1S/C24H23NO3/c1-4-13-25-16-20(14-18-5-9-22(27-2)10-6-18)24(26)21(17-25)15-19-7-11-23(28-3)12-8-19/h1,5-12,14-15H,13,16-17H2,2-3H3. The number of piperidine rings is 1. The lowest BCUT2D eigenvalue weighted by molar-refractivity contribution is -0.113. The van der Waals surface area contributed by atoms with Crippen LogP contribution in [-0.4, -0.2) is 44.5 Å². The number of ether oxygens (including phenoxy) is 2. The van der Waals surface area contributed by atoms with Crippen molar-refractivity contribution < 1.29 is 14.3 Å². The van der Waals surface area contributed by atoms with E-state index in [9.17, 15) is 4.79 Å². The van der Waals surface area contributed by atoms with Crippen LogP contribution in [0.25, 0.3) is 12.2 Å². The molecule has 1 aliphatic rings. The summed E-state index contributed by atoms with van der Waals surface area (Å²) >= 11 is 0. The Kier molecular flexibility index (Phi) is 6.31. The number of ketones is 1. The highest BCUT2D eigenvalue weighted by molar-refractivity contribution is 6.14. The first kappa shape index (κ1) is 19.5. The summed E-state index contributed by atoms with van der Waals surface area (Å²) in [5.41, 5.74) is 3.36. The van der Waals surface area contributed by atoms with Crippen LogP contribution in [0.3, 0.4) is 0 Å². The van der Waals surface area contributed by atoms with Gasteiger partial charge in [0.25, 0.3) is 0 Å². The number of terminal acetylenes is 1. The van der Waals surface area contributed by atoms with E-state index in [2.05, 4.69) is 10.8 Å². The SMILES string of the molecule is C#CCN1CC(=Cc2ccc(OC)cc2)C(=O)C(=Cc2ccc(OC)cc2)C1. The van der Waals surface area contributed by atoms with Crippen molar-refractivity contribution >= 4 is 17.9 Å². The van der Waals surface area contributed by atoms with Crippen molar-refractivity contribution in [1.82, 2.24) is 4.90 Å². The number of hydrogen-bond donors (Lipinski definition) is 0. The number of Topliss-reactive ketones (excluding diaryl/α,β-unsaturated/α-hetero) is 1. The zero-order chi connectivity index (χ0) is 19.9. The maximum absolute atomic E-state index is 13.1. The monoisotopic (exact) mass is 373 g/mol. The quantitative estimate of drug-likeness (QED) is 0.592. The molecular weight excluding hydrogens is 350 g/mol. The zero-order valence-corrected chi connectivity index (χ0v) is 16.1. The molecule has 0 aliphatic carbocycles. The van der Waals surface area contributed by atoms with Gasteiger partial charge in [-0.3, -0.25) is 9.69 Å². The van der Waals surface area contributed by atoms with Gasteiger partial charge >= 0.3 is 0 Å². The van der Waals surface area contributed by atoms with Gasteiger partial charge < -0.3 is 9.47 Å². The molecule has 0 spiro atoms. The summed E-state index contributed by atoms with van der Waals surface area (Å²) in [5.74, 6) is 4.30. The van der Waals surface area contributed by atoms with Crippen LogP contribution in [0.1, 0.15) is 11.1 Å². The Bertz CT molecular complexity index is 862. The molecule has 2 aromatic rings. The van der Waals surface area contributed by atoms with Gasteiger partial charge in [-0.2, -0.15) is 0 Å². The minimum atomic E-state index is 0.0555. The van der Waals surface area contributed by atoms with E-state index < -0.39 is 0 Å². The van der Waals surface area contributed by atoms with E-state index >= 15 is 0 Å². The topological polar surface area (TPSA) is 38.8 Å². The molecule has 0 amide bonds. The van der Waals surface area contributed by atoms with Gasteiger partial charge in [0, 0.05) is 24.2 Å². The zero-order valence-electron chi connectivity index (χ0n) is 16.1. The van der Waals surface area contributed by atoms with E-state index in [0.717, 1.165) is 33.8 Å². The van der Waals surface area contributed by atoms with Crippen LogP contribution in [-0.2, 0) is 4.79 Å². The molecular formula is C24H23NO3. The smallest absolute Gasteiger partial charge is 0.187 e. The van der Waals surface area contributed by atoms with E-state index in [1.54, 1.807) is 14.2 Å². The molecule has 4 heteroatoms. The Labute approximate surface area is 166 Å². The molecule has 0 N–H and O–H groups in total. The molecule has 1 aliphatic heterocycles. The average molecular weight is 373 g/mol. The number of benzene rings is 2. The second-order valence-electron chi connectivity index (χ2n) is 6.56. The Balaban J connectivity index is 1.91. The summed E-state index contributed by atoms with van der Waals surface area (Å²) in [7, 11) is 3.26. The fraction of sp³-hybridized carbons (Fsp3) is 0.208. The molecule has 28 heavy (non-hydrogen) atoms. The lowest BCUT2D eigenvalue weighted by atomic mass is 9.94. The van der Waals surface area contributed by atoms with Gasteiger partial charge in [-0.15, -0.1) is 6.42 Å². The first-order valence-electron chi connectivity index (χ1n) is 9.02. The number of rotatable bonds is 5. The first-order valence-corrected chi connectivity index (χ1v) is 9.02. The van der Waals surface area contributed by atoms with E-state index in [1.165, 1.54) is 0 Å². The van der Waals surface area contributed by atoms with Crippen molar-refractivity contribution in [3.05, 3.63) is 70.8 Å². The molecule has 3 rings (SSSR count). The summed E-state index contributed by atoms with van der Waals surface area (Å²) in [4.78, 5) is 15.2. The molecule has 1 heterocycles. The second kappa shape index (κ2) is 9.07. The molecule has 0 aromatic heterocycles. The third-order valence-corrected chi connectivity index (χ3v) is 4.60. The number of hydrogen-bond acceptors (Lipinski definition) is 4. The van der Waals surface area contributed by atoms with Crippen LogP contribution in [0, 0.1) is 12.3 Å². The predicted octanol–water partition coefficient (Wildman–Crippen LogP) is 3.69. The molecule has 2 aromatic carbocycles. The van der Waals surface area contributed by atoms with E-state index in [-0.39, 0.29) is 5.78 Å². The lowest BCUT2D eigenvalue weighted by Gasteiger charge is -2.28. The number of likely N-dealkylation sites (tertiary alicyclic amines) is 1. The van der Waals surface area contributed by atoms with Gasteiger partial charge in [-0.25, -0.2) is 0 Å². The molecule has 0 radical (unpaired) electrons. The van der Waals surface area contributed by atoms with E-state index in [1.807, 2.05) is 60.7 Å². The summed E-state index contributed by atoms with van der Waals surface area (Å²) in [6.45, 7) is 1.57. The van der Waals surface area contributed by atoms with Gasteiger partial charge in [0.05, 0.1) is 20.8 Å². The number of methoxy groups -OCH3 is 2. The highest BCUT2D eigenvalue weighted by Crippen LogP contribution is 2.23. The van der Waals surface area contributed by atoms with Crippen LogP contribution in [0.2, 0.25) is 0 Å². The largest absolute Gasteiger partial charge is 0.497 e. The number of carbonyl (C=O) groups is 1. The number of carbonyl (C=O) groups excluding carboxylic acids is 1. The molecule has 1 saturated heterocycles.